The zero-order valence-electron chi connectivity index (χ0n) is 13.2. The summed E-state index contributed by atoms with van der Waals surface area (Å²) in [6.07, 6.45) is 3.21. The fourth-order valence-corrected chi connectivity index (χ4v) is 2.92. The molecular weight excluding hydrogens is 262 g/mol. The van der Waals surface area contributed by atoms with E-state index in [1.165, 1.54) is 11.3 Å². The smallest absolute Gasteiger partial charge is 0.217 e. The number of carbonyl (C=O) groups excluding carboxylic acids is 1. The Kier molecular flexibility index (Phi) is 6.05. The zero-order valence-corrected chi connectivity index (χ0v) is 13.2. The molecule has 0 atom stereocenters. The summed E-state index contributed by atoms with van der Waals surface area (Å²) in [5, 5.41) is 6.51. The van der Waals surface area contributed by atoms with E-state index in [0.717, 1.165) is 45.4 Å². The molecule has 116 valence electrons. The van der Waals surface area contributed by atoms with Crippen LogP contribution >= 0.6 is 0 Å². The molecule has 4 nitrogen and oxygen atoms in total. The molecule has 1 fully saturated rings. The number of nitrogens with zero attached hydrogens (tertiary/aromatic N) is 1. The quantitative estimate of drug-likeness (QED) is 0.790. The van der Waals surface area contributed by atoms with Gasteiger partial charge in [0.25, 0.3) is 0 Å². The predicted molar refractivity (Wildman–Crippen MR) is 87.5 cm³/mol. The van der Waals surface area contributed by atoms with E-state index < -0.39 is 0 Å². The Bertz CT molecular complexity index is 453. The first-order valence-corrected chi connectivity index (χ1v) is 8.01. The molecule has 1 saturated heterocycles. The Hall–Kier alpha value is -1.55. The SMILES string of the molecule is CCCNCc1ccccc1N1CCC(NC(C)=O)CC1. The average molecular weight is 289 g/mol. The largest absolute Gasteiger partial charge is 0.371 e. The van der Waals surface area contributed by atoms with E-state index in [9.17, 15) is 4.79 Å². The highest BCUT2D eigenvalue weighted by Gasteiger charge is 2.21. The maximum atomic E-state index is 11.1. The van der Waals surface area contributed by atoms with Crippen LogP contribution in [0.5, 0.6) is 0 Å². The van der Waals surface area contributed by atoms with E-state index in [4.69, 9.17) is 0 Å². The van der Waals surface area contributed by atoms with Gasteiger partial charge in [0, 0.05) is 38.3 Å². The third-order valence-electron chi connectivity index (χ3n) is 3.98. The van der Waals surface area contributed by atoms with E-state index in [1.807, 2.05) is 0 Å². The lowest BCUT2D eigenvalue weighted by atomic mass is 10.0. The maximum Gasteiger partial charge on any atom is 0.217 e. The normalized spacial score (nSPS) is 16.0. The number of para-hydroxylation sites is 1. The average Bonchev–Trinajstić information content (AvgIpc) is 2.48. The lowest BCUT2D eigenvalue weighted by Crippen LogP contribution is -2.44. The van der Waals surface area contributed by atoms with Gasteiger partial charge in [0.15, 0.2) is 0 Å². The van der Waals surface area contributed by atoms with Crippen LogP contribution < -0.4 is 15.5 Å². The van der Waals surface area contributed by atoms with Crippen molar-refractivity contribution < 1.29 is 4.79 Å². The van der Waals surface area contributed by atoms with E-state index in [2.05, 4.69) is 46.7 Å². The lowest BCUT2D eigenvalue weighted by Gasteiger charge is -2.35. The molecule has 4 heteroatoms. The molecule has 0 saturated carbocycles. The molecule has 0 aromatic heterocycles. The summed E-state index contributed by atoms with van der Waals surface area (Å²) in [5.41, 5.74) is 2.70. The highest BCUT2D eigenvalue weighted by molar-refractivity contribution is 5.73. The number of hydrogen-bond acceptors (Lipinski definition) is 3. The van der Waals surface area contributed by atoms with Crippen LogP contribution in [0.3, 0.4) is 0 Å². The number of rotatable bonds is 6. The molecule has 1 heterocycles. The highest BCUT2D eigenvalue weighted by Crippen LogP contribution is 2.24. The lowest BCUT2D eigenvalue weighted by molar-refractivity contribution is -0.119. The van der Waals surface area contributed by atoms with Crippen molar-refractivity contribution in [2.45, 2.75) is 45.7 Å². The molecule has 0 radical (unpaired) electrons. The third kappa shape index (κ3) is 4.74. The van der Waals surface area contributed by atoms with Crippen molar-refractivity contribution in [3.05, 3.63) is 29.8 Å². The van der Waals surface area contributed by atoms with E-state index >= 15 is 0 Å². The van der Waals surface area contributed by atoms with Crippen molar-refractivity contribution in [2.75, 3.05) is 24.5 Å². The van der Waals surface area contributed by atoms with Gasteiger partial charge in [-0.1, -0.05) is 25.1 Å². The zero-order chi connectivity index (χ0) is 15.1. The minimum atomic E-state index is 0.0811. The van der Waals surface area contributed by atoms with Gasteiger partial charge in [-0.3, -0.25) is 4.79 Å². The van der Waals surface area contributed by atoms with Gasteiger partial charge < -0.3 is 15.5 Å². The van der Waals surface area contributed by atoms with Crippen LogP contribution in [-0.4, -0.2) is 31.6 Å². The summed E-state index contributed by atoms with van der Waals surface area (Å²) in [6.45, 7) is 7.78. The summed E-state index contributed by atoms with van der Waals surface area (Å²) < 4.78 is 0. The first kappa shape index (κ1) is 15.8. The molecule has 0 bridgehead atoms. The number of benzene rings is 1. The second-order valence-electron chi connectivity index (χ2n) is 5.77. The number of carbonyl (C=O) groups is 1. The second kappa shape index (κ2) is 8.03. The third-order valence-corrected chi connectivity index (χ3v) is 3.98. The van der Waals surface area contributed by atoms with E-state index in [1.54, 1.807) is 6.92 Å². The maximum absolute atomic E-state index is 11.1. The van der Waals surface area contributed by atoms with Crippen molar-refractivity contribution in [2.24, 2.45) is 0 Å². The number of piperidine rings is 1. The molecule has 2 rings (SSSR count). The molecule has 0 unspecified atom stereocenters. The van der Waals surface area contributed by atoms with Crippen LogP contribution in [-0.2, 0) is 11.3 Å². The van der Waals surface area contributed by atoms with E-state index in [-0.39, 0.29) is 5.91 Å². The molecule has 1 aromatic rings. The molecule has 1 aliphatic rings. The van der Waals surface area contributed by atoms with Gasteiger partial charge in [0.2, 0.25) is 5.91 Å². The van der Waals surface area contributed by atoms with Crippen LogP contribution in [0.4, 0.5) is 5.69 Å². The Morgan fingerprint density at radius 3 is 2.67 bits per heavy atom. The molecule has 21 heavy (non-hydrogen) atoms. The fourth-order valence-electron chi connectivity index (χ4n) is 2.92. The summed E-state index contributed by atoms with van der Waals surface area (Å²) in [4.78, 5) is 13.6. The fraction of sp³-hybridized carbons (Fsp3) is 0.588. The first-order valence-electron chi connectivity index (χ1n) is 8.01. The number of anilines is 1. The number of amides is 1. The number of hydrogen-bond donors (Lipinski definition) is 2. The van der Waals surface area contributed by atoms with Gasteiger partial charge >= 0.3 is 0 Å². The van der Waals surface area contributed by atoms with Crippen LogP contribution in [0.25, 0.3) is 0 Å². The van der Waals surface area contributed by atoms with Gasteiger partial charge in [-0.15, -0.1) is 0 Å². The van der Waals surface area contributed by atoms with Gasteiger partial charge in [-0.05, 0) is 37.4 Å². The van der Waals surface area contributed by atoms with Gasteiger partial charge in [0.05, 0.1) is 0 Å². The Morgan fingerprint density at radius 2 is 2.00 bits per heavy atom. The van der Waals surface area contributed by atoms with Crippen molar-refractivity contribution in [3.63, 3.8) is 0 Å². The molecule has 2 N–H and O–H groups in total. The second-order valence-corrected chi connectivity index (χ2v) is 5.77. The van der Waals surface area contributed by atoms with Gasteiger partial charge in [0.1, 0.15) is 0 Å². The molecule has 0 aliphatic carbocycles. The van der Waals surface area contributed by atoms with Crippen molar-refractivity contribution in [1.82, 2.24) is 10.6 Å². The minimum Gasteiger partial charge on any atom is -0.371 e. The van der Waals surface area contributed by atoms with Crippen LogP contribution in [0, 0.1) is 0 Å². The van der Waals surface area contributed by atoms with Crippen molar-refractivity contribution in [3.8, 4) is 0 Å². The summed E-state index contributed by atoms with van der Waals surface area (Å²) in [7, 11) is 0. The standard InChI is InChI=1S/C17H27N3O/c1-3-10-18-13-15-6-4-5-7-17(15)20-11-8-16(9-12-20)19-14(2)21/h4-7,16,18H,3,8-13H2,1-2H3,(H,19,21). The topological polar surface area (TPSA) is 44.4 Å². The molecule has 1 amide bonds. The van der Waals surface area contributed by atoms with Crippen LogP contribution in [0.1, 0.15) is 38.7 Å². The molecular formula is C17H27N3O. The Balaban J connectivity index is 1.94. The van der Waals surface area contributed by atoms with Gasteiger partial charge in [-0.25, -0.2) is 0 Å². The van der Waals surface area contributed by atoms with Crippen LogP contribution in [0.15, 0.2) is 24.3 Å². The molecule has 1 aliphatic heterocycles. The van der Waals surface area contributed by atoms with Crippen molar-refractivity contribution >= 4 is 11.6 Å². The summed E-state index contributed by atoms with van der Waals surface area (Å²) >= 11 is 0. The summed E-state index contributed by atoms with van der Waals surface area (Å²) in [6, 6.07) is 8.97. The number of nitrogens with one attached hydrogen (secondary N) is 2. The molecule has 0 spiro atoms. The highest BCUT2D eigenvalue weighted by atomic mass is 16.1. The van der Waals surface area contributed by atoms with Crippen LogP contribution in [0.2, 0.25) is 0 Å². The van der Waals surface area contributed by atoms with Crippen molar-refractivity contribution in [1.29, 1.82) is 0 Å². The predicted octanol–water partition coefficient (Wildman–Crippen LogP) is 2.29. The minimum absolute atomic E-state index is 0.0811. The first-order chi connectivity index (χ1) is 10.2. The monoisotopic (exact) mass is 289 g/mol. The Morgan fingerprint density at radius 1 is 1.29 bits per heavy atom. The van der Waals surface area contributed by atoms with Gasteiger partial charge in [-0.2, -0.15) is 0 Å². The van der Waals surface area contributed by atoms with E-state index in [0.29, 0.717) is 6.04 Å². The molecule has 1 aromatic carbocycles. The Labute approximate surface area is 127 Å². The summed E-state index contributed by atoms with van der Waals surface area (Å²) in [5.74, 6) is 0.0811.